The molecule has 2 atom stereocenters. The Morgan fingerprint density at radius 2 is 1.19 bits per heavy atom. The van der Waals surface area contributed by atoms with E-state index in [0.717, 1.165) is 11.1 Å². The molecule has 0 unspecified atom stereocenters. The number of benzene rings is 3. The summed E-state index contributed by atoms with van der Waals surface area (Å²) in [6, 6.07) is 23.3. The molecule has 7 heteroatoms. The minimum Gasteiger partial charge on any atom is -0.258 e. The van der Waals surface area contributed by atoms with Gasteiger partial charge in [-0.25, -0.2) is 8.42 Å². The molecule has 1 aliphatic heterocycles. The Balaban J connectivity index is 1.74. The van der Waals surface area contributed by atoms with Gasteiger partial charge in [0.1, 0.15) is 0 Å². The smallest absolute Gasteiger partial charge is 0.258 e. The summed E-state index contributed by atoms with van der Waals surface area (Å²) in [4.78, 5) is 10.3. The third kappa shape index (κ3) is 3.11. The summed E-state index contributed by atoms with van der Waals surface area (Å²) >= 11 is 0. The lowest BCUT2D eigenvalue weighted by atomic mass is 10.0. The lowest BCUT2D eigenvalue weighted by molar-refractivity contribution is -0.384. The van der Waals surface area contributed by atoms with Crippen molar-refractivity contribution in [3.05, 3.63) is 106 Å². The number of non-ortho nitro benzene ring substituents is 1. The topological polar surface area (TPSA) is 80.3 Å². The molecule has 1 fully saturated rings. The van der Waals surface area contributed by atoms with Crippen LogP contribution in [0.5, 0.6) is 0 Å². The highest BCUT2D eigenvalue weighted by atomic mass is 32.2. The highest BCUT2D eigenvalue weighted by molar-refractivity contribution is 7.89. The Hall–Kier alpha value is -3.03. The van der Waals surface area contributed by atoms with Gasteiger partial charge in [-0.3, -0.25) is 10.1 Å². The van der Waals surface area contributed by atoms with Crippen molar-refractivity contribution in [3.63, 3.8) is 0 Å². The molecule has 0 bridgehead atoms. The van der Waals surface area contributed by atoms with Crippen molar-refractivity contribution >= 4 is 15.7 Å². The maximum atomic E-state index is 13.2. The van der Waals surface area contributed by atoms with Crippen LogP contribution in [0.4, 0.5) is 5.69 Å². The Kier molecular flexibility index (Phi) is 4.25. The molecule has 0 spiro atoms. The van der Waals surface area contributed by atoms with Crippen molar-refractivity contribution in [2.24, 2.45) is 0 Å². The van der Waals surface area contributed by atoms with Crippen LogP contribution in [0.3, 0.4) is 0 Å². The van der Waals surface area contributed by atoms with Crippen LogP contribution in [0.25, 0.3) is 0 Å². The van der Waals surface area contributed by atoms with Gasteiger partial charge in [-0.15, -0.1) is 0 Å². The molecule has 0 saturated carbocycles. The first-order valence-corrected chi connectivity index (χ1v) is 9.82. The molecule has 0 amide bonds. The summed E-state index contributed by atoms with van der Waals surface area (Å²) in [6.07, 6.45) is 0. The van der Waals surface area contributed by atoms with Crippen molar-refractivity contribution in [2.45, 2.75) is 17.0 Å². The molecule has 1 saturated heterocycles. The van der Waals surface area contributed by atoms with Gasteiger partial charge in [-0.1, -0.05) is 60.7 Å². The number of sulfonamides is 1. The Morgan fingerprint density at radius 1 is 0.741 bits per heavy atom. The van der Waals surface area contributed by atoms with Crippen molar-refractivity contribution in [2.75, 3.05) is 0 Å². The van der Waals surface area contributed by atoms with E-state index < -0.39 is 14.9 Å². The van der Waals surface area contributed by atoms with E-state index in [2.05, 4.69) is 0 Å². The molecule has 4 rings (SSSR count). The largest absolute Gasteiger partial charge is 0.269 e. The summed E-state index contributed by atoms with van der Waals surface area (Å²) in [7, 11) is -3.79. The fourth-order valence-corrected chi connectivity index (χ4v) is 5.07. The highest BCUT2D eigenvalue weighted by Crippen LogP contribution is 2.57. The second kappa shape index (κ2) is 6.61. The van der Waals surface area contributed by atoms with Crippen LogP contribution in [-0.4, -0.2) is 17.6 Å². The lowest BCUT2D eigenvalue weighted by Gasteiger charge is -2.07. The van der Waals surface area contributed by atoms with E-state index in [1.807, 2.05) is 60.7 Å². The zero-order valence-corrected chi connectivity index (χ0v) is 15.0. The van der Waals surface area contributed by atoms with Crippen molar-refractivity contribution < 1.29 is 13.3 Å². The van der Waals surface area contributed by atoms with Gasteiger partial charge in [-0.2, -0.15) is 4.31 Å². The van der Waals surface area contributed by atoms with Crippen LogP contribution in [0.15, 0.2) is 89.8 Å². The van der Waals surface area contributed by atoms with Gasteiger partial charge < -0.3 is 0 Å². The van der Waals surface area contributed by atoms with Crippen LogP contribution in [0, 0.1) is 10.1 Å². The molecule has 1 aliphatic rings. The third-order valence-corrected chi connectivity index (χ3v) is 6.54. The molecular weight excluding hydrogens is 364 g/mol. The minimum atomic E-state index is -3.79. The van der Waals surface area contributed by atoms with Crippen LogP contribution in [0.2, 0.25) is 0 Å². The molecule has 1 heterocycles. The predicted octanol–water partition coefficient (Wildman–Crippen LogP) is 4.08. The summed E-state index contributed by atoms with van der Waals surface area (Å²) in [5, 5.41) is 10.8. The van der Waals surface area contributed by atoms with Gasteiger partial charge in [0, 0.05) is 12.1 Å². The first-order chi connectivity index (χ1) is 13.0. The number of nitro benzene ring substituents is 1. The van der Waals surface area contributed by atoms with Crippen molar-refractivity contribution in [1.29, 1.82) is 0 Å². The molecule has 0 N–H and O–H groups in total. The molecule has 0 aliphatic carbocycles. The van der Waals surface area contributed by atoms with Gasteiger partial charge in [0.2, 0.25) is 10.0 Å². The van der Waals surface area contributed by atoms with Crippen molar-refractivity contribution in [1.82, 2.24) is 4.31 Å². The first-order valence-electron chi connectivity index (χ1n) is 8.38. The summed E-state index contributed by atoms with van der Waals surface area (Å²) in [5.74, 6) is 0. The normalized spacial score (nSPS) is 21.6. The average molecular weight is 380 g/mol. The Morgan fingerprint density at radius 3 is 1.59 bits per heavy atom. The van der Waals surface area contributed by atoms with Gasteiger partial charge in [0.05, 0.1) is 21.9 Å². The number of nitro groups is 1. The van der Waals surface area contributed by atoms with Gasteiger partial charge in [0.25, 0.3) is 5.69 Å². The molecule has 6 nitrogen and oxygen atoms in total. The first kappa shape index (κ1) is 17.4. The van der Waals surface area contributed by atoms with Crippen LogP contribution >= 0.6 is 0 Å². The molecule has 27 heavy (non-hydrogen) atoms. The number of hydrogen-bond donors (Lipinski definition) is 0. The molecule has 0 aromatic heterocycles. The van der Waals surface area contributed by atoms with Gasteiger partial charge in [0.15, 0.2) is 0 Å². The SMILES string of the molecule is O=[N+]([O-])c1ccc(S(=O)(=O)N2[C@@H](c3ccccc3)[C@@H]2c2ccccc2)cc1. The fourth-order valence-electron chi connectivity index (χ4n) is 3.33. The number of hydrogen-bond acceptors (Lipinski definition) is 4. The van der Waals surface area contributed by atoms with E-state index in [1.165, 1.54) is 28.6 Å². The minimum absolute atomic E-state index is 0.0486. The molecule has 136 valence electrons. The summed E-state index contributed by atoms with van der Waals surface area (Å²) in [6.45, 7) is 0. The second-order valence-corrected chi connectivity index (χ2v) is 8.14. The average Bonchev–Trinajstić information content (AvgIpc) is 3.46. The van der Waals surface area contributed by atoms with E-state index >= 15 is 0 Å². The monoisotopic (exact) mass is 380 g/mol. The Labute approximate surface area is 156 Å². The zero-order valence-electron chi connectivity index (χ0n) is 14.2. The highest BCUT2D eigenvalue weighted by Gasteiger charge is 2.56. The number of nitrogens with zero attached hydrogens (tertiary/aromatic N) is 2. The summed E-state index contributed by atoms with van der Waals surface area (Å²) in [5.41, 5.74) is 1.69. The Bertz CT molecular complexity index is 1020. The predicted molar refractivity (Wildman–Crippen MR) is 100 cm³/mol. The van der Waals surface area contributed by atoms with E-state index in [1.54, 1.807) is 0 Å². The van der Waals surface area contributed by atoms with E-state index in [-0.39, 0.29) is 22.7 Å². The fraction of sp³-hybridized carbons (Fsp3) is 0.100. The zero-order chi connectivity index (χ0) is 19.0. The van der Waals surface area contributed by atoms with Crippen LogP contribution < -0.4 is 0 Å². The summed E-state index contributed by atoms with van der Waals surface area (Å²) < 4.78 is 27.9. The van der Waals surface area contributed by atoms with Crippen LogP contribution in [-0.2, 0) is 10.0 Å². The molecule has 3 aromatic rings. The number of rotatable bonds is 5. The van der Waals surface area contributed by atoms with E-state index in [9.17, 15) is 18.5 Å². The third-order valence-electron chi connectivity index (χ3n) is 4.66. The van der Waals surface area contributed by atoms with E-state index in [4.69, 9.17) is 0 Å². The van der Waals surface area contributed by atoms with Crippen molar-refractivity contribution in [3.8, 4) is 0 Å². The van der Waals surface area contributed by atoms with Gasteiger partial charge in [-0.05, 0) is 23.3 Å². The molecule has 3 aromatic carbocycles. The van der Waals surface area contributed by atoms with E-state index in [0.29, 0.717) is 0 Å². The standard InChI is InChI=1S/C20H16N2O4S/c23-22(24)17-11-13-18(14-12-17)27(25,26)21-19(15-7-3-1-4-8-15)20(21)16-9-5-2-6-10-16/h1-14,19-20H/t19-,20-/m0/s1. The maximum absolute atomic E-state index is 13.2. The molecular formula is C20H16N2O4S. The maximum Gasteiger partial charge on any atom is 0.269 e. The van der Waals surface area contributed by atoms with Crippen LogP contribution in [0.1, 0.15) is 23.2 Å². The second-order valence-electron chi connectivity index (χ2n) is 6.30. The quantitative estimate of drug-likeness (QED) is 0.379. The van der Waals surface area contributed by atoms with Gasteiger partial charge >= 0.3 is 0 Å². The molecule has 0 radical (unpaired) electrons. The lowest BCUT2D eigenvalue weighted by Crippen LogP contribution is -2.13.